The van der Waals surface area contributed by atoms with Gasteiger partial charge in [0.2, 0.25) is 0 Å². The predicted molar refractivity (Wildman–Crippen MR) is 67.7 cm³/mol. The molecule has 0 radical (unpaired) electrons. The number of carbonyl (C=O) groups is 1. The van der Waals surface area contributed by atoms with Crippen LogP contribution in [0.5, 0.6) is 0 Å². The van der Waals surface area contributed by atoms with Gasteiger partial charge >= 0.3 is 5.97 Å². The van der Waals surface area contributed by atoms with E-state index in [1.165, 1.54) is 10.7 Å². The average Bonchev–Trinajstić information content (AvgIpc) is 2.64. The van der Waals surface area contributed by atoms with E-state index in [0.29, 0.717) is 11.4 Å². The molecule has 0 saturated carbocycles. The summed E-state index contributed by atoms with van der Waals surface area (Å²) >= 11 is 2.10. The molecule has 0 atom stereocenters. The van der Waals surface area contributed by atoms with Gasteiger partial charge in [0.05, 0.1) is 21.0 Å². The first-order chi connectivity index (χ1) is 7.58. The van der Waals surface area contributed by atoms with Crippen molar-refractivity contribution in [3.63, 3.8) is 0 Å². The Kier molecular flexibility index (Phi) is 2.82. The minimum atomic E-state index is -1.000. The summed E-state index contributed by atoms with van der Waals surface area (Å²) in [6, 6.07) is 4.62. The van der Waals surface area contributed by atoms with Gasteiger partial charge in [-0.15, -0.1) is 0 Å². The summed E-state index contributed by atoms with van der Waals surface area (Å²) < 4.78 is 2.43. The molecule has 3 N–H and O–H groups in total. The lowest BCUT2D eigenvalue weighted by molar-refractivity contribution is 0.0697. The summed E-state index contributed by atoms with van der Waals surface area (Å²) in [5.41, 5.74) is 6.78. The second kappa shape index (κ2) is 4.12. The van der Waals surface area contributed by atoms with E-state index in [-0.39, 0.29) is 5.56 Å². The standard InChI is InChI=1S/C10H8IN3O2/c11-6-4-13-14(5-6)9-3-7(12)1-2-8(9)10(15)16/h1-5H,12H2,(H,15,16). The number of benzene rings is 1. The van der Waals surface area contributed by atoms with Crippen LogP contribution in [-0.4, -0.2) is 20.9 Å². The molecule has 2 rings (SSSR count). The van der Waals surface area contributed by atoms with Gasteiger partial charge in [0.25, 0.3) is 0 Å². The van der Waals surface area contributed by atoms with E-state index in [9.17, 15) is 4.79 Å². The number of halogens is 1. The number of carboxylic acids is 1. The number of hydrogen-bond donors (Lipinski definition) is 2. The van der Waals surface area contributed by atoms with Gasteiger partial charge in [-0.05, 0) is 40.8 Å². The first-order valence-corrected chi connectivity index (χ1v) is 5.49. The number of carboxylic acid groups (broad SMARTS) is 1. The molecule has 1 aromatic carbocycles. The van der Waals surface area contributed by atoms with Crippen LogP contribution in [0, 0.1) is 3.57 Å². The van der Waals surface area contributed by atoms with Crippen molar-refractivity contribution in [3.05, 3.63) is 39.7 Å². The lowest BCUT2D eigenvalue weighted by Crippen LogP contribution is -2.06. The van der Waals surface area contributed by atoms with Crippen LogP contribution in [-0.2, 0) is 0 Å². The van der Waals surface area contributed by atoms with Crippen molar-refractivity contribution < 1.29 is 9.90 Å². The van der Waals surface area contributed by atoms with Crippen LogP contribution in [0.2, 0.25) is 0 Å². The van der Waals surface area contributed by atoms with Gasteiger partial charge in [0.1, 0.15) is 0 Å². The lowest BCUT2D eigenvalue weighted by Gasteiger charge is -2.06. The minimum absolute atomic E-state index is 0.175. The van der Waals surface area contributed by atoms with Gasteiger partial charge in [-0.25, -0.2) is 9.48 Å². The number of nitrogen functional groups attached to an aromatic ring is 1. The predicted octanol–water partition coefficient (Wildman–Crippen LogP) is 1.76. The Morgan fingerprint density at radius 1 is 1.50 bits per heavy atom. The molecule has 0 bridgehead atoms. The normalized spacial score (nSPS) is 10.3. The summed E-state index contributed by atoms with van der Waals surface area (Å²) in [4.78, 5) is 11.0. The molecule has 6 heteroatoms. The van der Waals surface area contributed by atoms with E-state index >= 15 is 0 Å². The SMILES string of the molecule is Nc1ccc(C(=O)O)c(-n2cc(I)cn2)c1. The van der Waals surface area contributed by atoms with Crippen LogP contribution >= 0.6 is 22.6 Å². The smallest absolute Gasteiger partial charge is 0.337 e. The Hall–Kier alpha value is -1.57. The van der Waals surface area contributed by atoms with Crippen LogP contribution in [0.1, 0.15) is 10.4 Å². The Bertz CT molecular complexity index is 551. The third-order valence-corrected chi connectivity index (χ3v) is 2.61. The highest BCUT2D eigenvalue weighted by Gasteiger charge is 2.12. The zero-order valence-corrected chi connectivity index (χ0v) is 10.2. The Labute approximate surface area is 105 Å². The van der Waals surface area contributed by atoms with E-state index in [1.54, 1.807) is 24.5 Å². The van der Waals surface area contributed by atoms with E-state index < -0.39 is 5.97 Å². The van der Waals surface area contributed by atoms with Crippen molar-refractivity contribution in [2.45, 2.75) is 0 Å². The molecule has 0 aliphatic carbocycles. The maximum atomic E-state index is 11.0. The molecular formula is C10H8IN3O2. The van der Waals surface area contributed by atoms with Gasteiger partial charge in [0, 0.05) is 11.9 Å². The van der Waals surface area contributed by atoms with Crippen molar-refractivity contribution in [2.24, 2.45) is 0 Å². The molecule has 0 unspecified atom stereocenters. The fourth-order valence-electron chi connectivity index (χ4n) is 1.35. The number of aromatic carboxylic acids is 1. The minimum Gasteiger partial charge on any atom is -0.478 e. The van der Waals surface area contributed by atoms with Gasteiger partial charge in [-0.1, -0.05) is 0 Å². The topological polar surface area (TPSA) is 81.1 Å². The lowest BCUT2D eigenvalue weighted by atomic mass is 10.1. The quantitative estimate of drug-likeness (QED) is 0.650. The molecule has 5 nitrogen and oxygen atoms in total. The second-order valence-electron chi connectivity index (χ2n) is 3.18. The maximum absolute atomic E-state index is 11.0. The summed E-state index contributed by atoms with van der Waals surface area (Å²) in [6.45, 7) is 0. The first-order valence-electron chi connectivity index (χ1n) is 4.41. The molecule has 82 valence electrons. The van der Waals surface area contributed by atoms with Crippen molar-refractivity contribution in [1.82, 2.24) is 9.78 Å². The highest BCUT2D eigenvalue weighted by Crippen LogP contribution is 2.18. The Morgan fingerprint density at radius 2 is 2.25 bits per heavy atom. The van der Waals surface area contributed by atoms with Gasteiger partial charge in [-0.3, -0.25) is 0 Å². The van der Waals surface area contributed by atoms with Gasteiger partial charge in [0.15, 0.2) is 0 Å². The van der Waals surface area contributed by atoms with Gasteiger partial charge < -0.3 is 10.8 Å². The summed E-state index contributed by atoms with van der Waals surface area (Å²) in [6.07, 6.45) is 3.39. The fourth-order valence-corrected chi connectivity index (χ4v) is 1.74. The summed E-state index contributed by atoms with van der Waals surface area (Å²) in [5, 5.41) is 13.1. The van der Waals surface area contributed by atoms with E-state index in [2.05, 4.69) is 27.7 Å². The second-order valence-corrected chi connectivity index (χ2v) is 4.43. The van der Waals surface area contributed by atoms with Gasteiger partial charge in [-0.2, -0.15) is 5.10 Å². The Balaban J connectivity index is 2.62. The molecule has 0 fully saturated rings. The molecule has 1 heterocycles. The zero-order valence-electron chi connectivity index (χ0n) is 8.09. The number of aromatic nitrogens is 2. The van der Waals surface area contributed by atoms with Crippen molar-refractivity contribution >= 4 is 34.2 Å². The third kappa shape index (κ3) is 2.01. The number of anilines is 1. The van der Waals surface area contributed by atoms with E-state index in [1.807, 2.05) is 0 Å². The number of hydrogen-bond acceptors (Lipinski definition) is 3. The maximum Gasteiger partial charge on any atom is 0.337 e. The molecule has 0 aliphatic rings. The number of nitrogens with two attached hydrogens (primary N) is 1. The van der Waals surface area contributed by atoms with Crippen molar-refractivity contribution in [1.29, 1.82) is 0 Å². The first kappa shape index (κ1) is 10.9. The molecular weight excluding hydrogens is 321 g/mol. The summed E-state index contributed by atoms with van der Waals surface area (Å²) in [5.74, 6) is -1.000. The summed E-state index contributed by atoms with van der Waals surface area (Å²) in [7, 11) is 0. The van der Waals surface area contributed by atoms with E-state index in [0.717, 1.165) is 3.57 Å². The monoisotopic (exact) mass is 329 g/mol. The van der Waals surface area contributed by atoms with Crippen LogP contribution < -0.4 is 5.73 Å². The molecule has 0 aliphatic heterocycles. The van der Waals surface area contributed by atoms with Crippen molar-refractivity contribution in [3.8, 4) is 5.69 Å². The van der Waals surface area contributed by atoms with Crippen LogP contribution in [0.3, 0.4) is 0 Å². The highest BCUT2D eigenvalue weighted by molar-refractivity contribution is 14.1. The number of rotatable bonds is 2. The molecule has 1 aromatic heterocycles. The van der Waals surface area contributed by atoms with Crippen molar-refractivity contribution in [2.75, 3.05) is 5.73 Å². The molecule has 0 spiro atoms. The molecule has 0 saturated heterocycles. The molecule has 0 amide bonds. The average molecular weight is 329 g/mol. The Morgan fingerprint density at radius 3 is 2.81 bits per heavy atom. The molecule has 16 heavy (non-hydrogen) atoms. The van der Waals surface area contributed by atoms with Crippen LogP contribution in [0.25, 0.3) is 5.69 Å². The molecule has 2 aromatic rings. The largest absolute Gasteiger partial charge is 0.478 e. The zero-order chi connectivity index (χ0) is 11.7. The third-order valence-electron chi connectivity index (χ3n) is 2.05. The highest BCUT2D eigenvalue weighted by atomic mass is 127. The van der Waals surface area contributed by atoms with Crippen LogP contribution in [0.4, 0.5) is 5.69 Å². The number of nitrogens with zero attached hydrogens (tertiary/aromatic N) is 2. The fraction of sp³-hybridized carbons (Fsp3) is 0. The van der Waals surface area contributed by atoms with E-state index in [4.69, 9.17) is 10.8 Å². The van der Waals surface area contributed by atoms with Crippen LogP contribution in [0.15, 0.2) is 30.6 Å².